The number of imidazole rings is 1. The smallest absolute Gasteiger partial charge is 0.229 e. The minimum absolute atomic E-state index is 0.627. The Labute approximate surface area is 114 Å². The molecule has 0 fully saturated rings. The van der Waals surface area contributed by atoms with Crippen LogP contribution in [0.15, 0.2) is 48.7 Å². The van der Waals surface area contributed by atoms with E-state index in [-0.39, 0.29) is 0 Å². The third-order valence-corrected chi connectivity index (χ3v) is 3.27. The monoisotopic (exact) mass is 259 g/mol. The van der Waals surface area contributed by atoms with Gasteiger partial charge in [-0.15, -0.1) is 0 Å². The number of benzene rings is 2. The molecule has 4 rings (SSSR count). The molecule has 0 bridgehead atoms. The average Bonchev–Trinajstić information content (AvgIpc) is 3.09. The van der Waals surface area contributed by atoms with Crippen molar-refractivity contribution in [3.8, 4) is 12.0 Å². The van der Waals surface area contributed by atoms with Gasteiger partial charge in [-0.25, -0.2) is 4.98 Å². The fourth-order valence-electron chi connectivity index (χ4n) is 2.31. The number of fused-ring (bicyclic) bond motifs is 2. The van der Waals surface area contributed by atoms with Crippen LogP contribution in [-0.2, 0) is 0 Å². The summed E-state index contributed by atoms with van der Waals surface area (Å²) in [7, 11) is 0. The lowest BCUT2D eigenvalue weighted by atomic mass is 10.2. The molecular formula is C15H9N5. The number of H-pyrrole nitrogens is 1. The van der Waals surface area contributed by atoms with Crippen molar-refractivity contribution < 1.29 is 0 Å². The highest BCUT2D eigenvalue weighted by Gasteiger charge is 2.09. The molecule has 5 nitrogen and oxygen atoms in total. The van der Waals surface area contributed by atoms with Crippen LogP contribution in [0, 0.1) is 11.3 Å². The van der Waals surface area contributed by atoms with Crippen LogP contribution < -0.4 is 0 Å². The molecule has 0 unspecified atom stereocenters. The first-order chi connectivity index (χ1) is 9.85. The Kier molecular flexibility index (Phi) is 2.12. The molecule has 2 heterocycles. The molecule has 0 radical (unpaired) electrons. The summed E-state index contributed by atoms with van der Waals surface area (Å²) in [4.78, 5) is 7.77. The summed E-state index contributed by atoms with van der Waals surface area (Å²) in [6.07, 6.45) is 1.74. The molecule has 0 saturated carbocycles. The molecule has 1 N–H and O–H groups in total. The summed E-state index contributed by atoms with van der Waals surface area (Å²) in [5.74, 6) is 0.672. The van der Waals surface area contributed by atoms with E-state index in [9.17, 15) is 0 Å². The van der Waals surface area contributed by atoms with Crippen molar-refractivity contribution in [1.82, 2.24) is 19.7 Å². The molecule has 0 amide bonds. The van der Waals surface area contributed by atoms with Crippen molar-refractivity contribution in [2.45, 2.75) is 0 Å². The van der Waals surface area contributed by atoms with Crippen LogP contribution >= 0.6 is 0 Å². The predicted octanol–water partition coefficient (Wildman–Crippen LogP) is 2.77. The zero-order valence-corrected chi connectivity index (χ0v) is 10.4. The van der Waals surface area contributed by atoms with Crippen molar-refractivity contribution >= 4 is 21.9 Å². The van der Waals surface area contributed by atoms with Gasteiger partial charge >= 0.3 is 0 Å². The van der Waals surface area contributed by atoms with Gasteiger partial charge < -0.3 is 4.98 Å². The number of aromatic nitrogens is 4. The highest BCUT2D eigenvalue weighted by atomic mass is 15.3. The van der Waals surface area contributed by atoms with Gasteiger partial charge in [0.2, 0.25) is 5.95 Å². The van der Waals surface area contributed by atoms with Gasteiger partial charge in [-0.3, -0.25) is 0 Å². The molecule has 0 aliphatic heterocycles. The van der Waals surface area contributed by atoms with Gasteiger partial charge in [0, 0.05) is 5.39 Å². The molecule has 4 aromatic rings. The standard InChI is InChI=1S/C15H9N5/c16-8-10-5-6-14-11(7-10)9-17-20(14)15-18-12-3-1-2-4-13(12)19-15/h1-7,9H,(H,18,19). The number of hydrogen-bond donors (Lipinski definition) is 1. The summed E-state index contributed by atoms with van der Waals surface area (Å²) in [5.41, 5.74) is 3.42. The Balaban J connectivity index is 1.95. The number of hydrogen-bond acceptors (Lipinski definition) is 3. The van der Waals surface area contributed by atoms with E-state index in [1.807, 2.05) is 36.4 Å². The third-order valence-electron chi connectivity index (χ3n) is 3.27. The van der Waals surface area contributed by atoms with Gasteiger partial charge in [0.1, 0.15) is 0 Å². The quantitative estimate of drug-likeness (QED) is 0.571. The lowest BCUT2D eigenvalue weighted by Crippen LogP contribution is -1.97. The van der Waals surface area contributed by atoms with Gasteiger partial charge in [-0.05, 0) is 30.3 Å². The first-order valence-electron chi connectivity index (χ1n) is 6.18. The van der Waals surface area contributed by atoms with E-state index in [1.54, 1.807) is 16.9 Å². The fraction of sp³-hybridized carbons (Fsp3) is 0. The van der Waals surface area contributed by atoms with Crippen molar-refractivity contribution in [2.75, 3.05) is 0 Å². The molecule has 0 spiro atoms. The van der Waals surface area contributed by atoms with Crippen molar-refractivity contribution in [3.63, 3.8) is 0 Å². The van der Waals surface area contributed by atoms with E-state index in [1.165, 1.54) is 0 Å². The van der Waals surface area contributed by atoms with E-state index >= 15 is 0 Å². The Morgan fingerprint density at radius 2 is 2.05 bits per heavy atom. The molecule has 5 heteroatoms. The van der Waals surface area contributed by atoms with E-state index in [2.05, 4.69) is 21.1 Å². The summed E-state index contributed by atoms with van der Waals surface area (Å²) in [6, 6.07) is 15.5. The van der Waals surface area contributed by atoms with E-state index in [0.717, 1.165) is 21.9 Å². The maximum atomic E-state index is 8.92. The van der Waals surface area contributed by atoms with Gasteiger partial charge in [0.15, 0.2) is 0 Å². The second kappa shape index (κ2) is 3.93. The number of nitriles is 1. The van der Waals surface area contributed by atoms with Crippen LogP contribution in [0.5, 0.6) is 0 Å². The molecule has 0 aliphatic rings. The summed E-state index contributed by atoms with van der Waals surface area (Å²) in [5, 5.41) is 14.2. The van der Waals surface area contributed by atoms with Crippen LogP contribution in [0.1, 0.15) is 5.56 Å². The van der Waals surface area contributed by atoms with E-state index in [0.29, 0.717) is 11.5 Å². The highest BCUT2D eigenvalue weighted by Crippen LogP contribution is 2.20. The number of aromatic amines is 1. The Morgan fingerprint density at radius 1 is 1.15 bits per heavy atom. The first kappa shape index (κ1) is 10.8. The second-order valence-electron chi connectivity index (χ2n) is 4.52. The van der Waals surface area contributed by atoms with Crippen LogP contribution in [0.3, 0.4) is 0 Å². The van der Waals surface area contributed by atoms with Crippen molar-refractivity contribution in [2.24, 2.45) is 0 Å². The van der Waals surface area contributed by atoms with Gasteiger partial charge in [-0.1, -0.05) is 12.1 Å². The maximum absolute atomic E-state index is 8.92. The summed E-state index contributed by atoms with van der Waals surface area (Å²) < 4.78 is 1.75. The average molecular weight is 259 g/mol. The largest absolute Gasteiger partial charge is 0.322 e. The molecule has 2 aromatic heterocycles. The molecule has 0 saturated heterocycles. The normalized spacial score (nSPS) is 10.9. The van der Waals surface area contributed by atoms with Crippen LogP contribution in [0.4, 0.5) is 0 Å². The number of nitrogens with zero attached hydrogens (tertiary/aromatic N) is 4. The van der Waals surface area contributed by atoms with Crippen molar-refractivity contribution in [3.05, 3.63) is 54.2 Å². The fourth-order valence-corrected chi connectivity index (χ4v) is 2.31. The van der Waals surface area contributed by atoms with Gasteiger partial charge in [0.05, 0.1) is 34.4 Å². The van der Waals surface area contributed by atoms with Crippen LogP contribution in [0.25, 0.3) is 27.9 Å². The Bertz CT molecular complexity index is 938. The molecular weight excluding hydrogens is 250 g/mol. The topological polar surface area (TPSA) is 70.3 Å². The number of nitrogens with one attached hydrogen (secondary N) is 1. The third kappa shape index (κ3) is 1.49. The Hall–Kier alpha value is -3.13. The predicted molar refractivity (Wildman–Crippen MR) is 75.4 cm³/mol. The minimum Gasteiger partial charge on any atom is -0.322 e. The van der Waals surface area contributed by atoms with E-state index < -0.39 is 0 Å². The highest BCUT2D eigenvalue weighted by molar-refractivity contribution is 5.82. The molecule has 2 aromatic carbocycles. The molecule has 0 aliphatic carbocycles. The molecule has 94 valence electrons. The number of para-hydroxylation sites is 2. The van der Waals surface area contributed by atoms with E-state index in [4.69, 9.17) is 5.26 Å². The van der Waals surface area contributed by atoms with Crippen molar-refractivity contribution in [1.29, 1.82) is 5.26 Å². The van der Waals surface area contributed by atoms with Gasteiger partial charge in [0.25, 0.3) is 0 Å². The van der Waals surface area contributed by atoms with Crippen LogP contribution in [-0.4, -0.2) is 19.7 Å². The molecule has 20 heavy (non-hydrogen) atoms. The lowest BCUT2D eigenvalue weighted by molar-refractivity contribution is 0.856. The Morgan fingerprint density at radius 3 is 2.90 bits per heavy atom. The summed E-state index contributed by atoms with van der Waals surface area (Å²) in [6.45, 7) is 0. The van der Waals surface area contributed by atoms with Gasteiger partial charge in [-0.2, -0.15) is 15.0 Å². The molecule has 0 atom stereocenters. The zero-order valence-electron chi connectivity index (χ0n) is 10.4. The first-order valence-corrected chi connectivity index (χ1v) is 6.18. The SMILES string of the molecule is N#Cc1ccc2c(cnn2-c2nc3ccccc3[nH]2)c1. The lowest BCUT2D eigenvalue weighted by Gasteiger charge is -1.98. The van der Waals surface area contributed by atoms with Crippen LogP contribution in [0.2, 0.25) is 0 Å². The summed E-state index contributed by atoms with van der Waals surface area (Å²) >= 11 is 0. The zero-order chi connectivity index (χ0) is 13.5. The number of rotatable bonds is 1. The maximum Gasteiger partial charge on any atom is 0.229 e. The second-order valence-corrected chi connectivity index (χ2v) is 4.52. The minimum atomic E-state index is 0.627.